The molecular formula is C12H20N4O. The minimum Gasteiger partial charge on any atom is -0.384 e. The minimum absolute atomic E-state index is 0.0656. The van der Waals surface area contributed by atoms with Gasteiger partial charge >= 0.3 is 0 Å². The molecule has 1 aromatic heterocycles. The lowest BCUT2D eigenvalue weighted by molar-refractivity contribution is -0.120. The van der Waals surface area contributed by atoms with Crippen molar-refractivity contribution < 1.29 is 4.79 Å². The number of carbonyl (C=O) groups excluding carboxylic acids is 1. The molecule has 0 radical (unpaired) electrons. The van der Waals surface area contributed by atoms with Crippen molar-refractivity contribution in [3.63, 3.8) is 0 Å². The molecule has 3 N–H and O–H groups in total. The molecule has 1 rings (SSSR count). The summed E-state index contributed by atoms with van der Waals surface area (Å²) < 4.78 is 0. The first kappa shape index (κ1) is 13.3. The molecule has 0 unspecified atom stereocenters. The van der Waals surface area contributed by atoms with Gasteiger partial charge in [0.2, 0.25) is 5.91 Å². The van der Waals surface area contributed by atoms with Crippen molar-refractivity contribution in [2.24, 2.45) is 0 Å². The molecule has 1 heterocycles. The standard InChI is InChI=1S/C12H20N4O/c1-3-14-10-7-11(9-13-8-10)16-6-5-12(17)15-4-2/h7-9,14,16H,3-6H2,1-2H3,(H,15,17). The molecule has 0 aromatic carbocycles. The highest BCUT2D eigenvalue weighted by Crippen LogP contribution is 2.12. The largest absolute Gasteiger partial charge is 0.384 e. The molecule has 1 aromatic rings. The zero-order chi connectivity index (χ0) is 12.5. The highest BCUT2D eigenvalue weighted by atomic mass is 16.1. The summed E-state index contributed by atoms with van der Waals surface area (Å²) in [7, 11) is 0. The van der Waals surface area contributed by atoms with Gasteiger partial charge in [-0.3, -0.25) is 9.78 Å². The van der Waals surface area contributed by atoms with Crippen LogP contribution in [0.2, 0.25) is 0 Å². The van der Waals surface area contributed by atoms with Crippen LogP contribution in [0, 0.1) is 0 Å². The van der Waals surface area contributed by atoms with E-state index in [1.54, 1.807) is 12.4 Å². The zero-order valence-electron chi connectivity index (χ0n) is 10.4. The SMILES string of the molecule is CCNC(=O)CCNc1cncc(NCC)c1. The van der Waals surface area contributed by atoms with Crippen molar-refractivity contribution >= 4 is 17.3 Å². The third-order valence-corrected chi connectivity index (χ3v) is 2.17. The quantitative estimate of drug-likeness (QED) is 0.670. The number of hydrogen-bond donors (Lipinski definition) is 3. The Morgan fingerprint density at radius 3 is 2.53 bits per heavy atom. The average molecular weight is 236 g/mol. The summed E-state index contributed by atoms with van der Waals surface area (Å²) in [4.78, 5) is 15.3. The van der Waals surface area contributed by atoms with Crippen LogP contribution in [0.3, 0.4) is 0 Å². The molecule has 0 fully saturated rings. The molecule has 0 saturated heterocycles. The third-order valence-electron chi connectivity index (χ3n) is 2.17. The topological polar surface area (TPSA) is 66.0 Å². The van der Waals surface area contributed by atoms with Crippen molar-refractivity contribution in [2.75, 3.05) is 30.3 Å². The Labute approximate surface area is 102 Å². The van der Waals surface area contributed by atoms with E-state index in [9.17, 15) is 4.79 Å². The van der Waals surface area contributed by atoms with Crippen LogP contribution >= 0.6 is 0 Å². The Morgan fingerprint density at radius 1 is 1.18 bits per heavy atom. The Hall–Kier alpha value is -1.78. The predicted octanol–water partition coefficient (Wildman–Crippen LogP) is 1.45. The number of hydrogen-bond acceptors (Lipinski definition) is 4. The van der Waals surface area contributed by atoms with Crippen LogP contribution in [0.15, 0.2) is 18.5 Å². The molecular weight excluding hydrogens is 216 g/mol. The molecule has 0 bridgehead atoms. The second-order valence-corrected chi connectivity index (χ2v) is 3.62. The van der Waals surface area contributed by atoms with Gasteiger partial charge in [-0.2, -0.15) is 0 Å². The highest BCUT2D eigenvalue weighted by molar-refractivity contribution is 5.76. The van der Waals surface area contributed by atoms with Crippen molar-refractivity contribution in [2.45, 2.75) is 20.3 Å². The summed E-state index contributed by atoms with van der Waals surface area (Å²) in [5.74, 6) is 0.0656. The van der Waals surface area contributed by atoms with Gasteiger partial charge in [0, 0.05) is 26.1 Å². The van der Waals surface area contributed by atoms with Crippen LogP contribution in [0.1, 0.15) is 20.3 Å². The van der Waals surface area contributed by atoms with Crippen molar-refractivity contribution in [3.8, 4) is 0 Å². The summed E-state index contributed by atoms with van der Waals surface area (Å²) in [6, 6.07) is 1.98. The molecule has 0 atom stereocenters. The van der Waals surface area contributed by atoms with Gasteiger partial charge < -0.3 is 16.0 Å². The number of nitrogens with zero attached hydrogens (tertiary/aromatic N) is 1. The molecule has 0 spiro atoms. The molecule has 17 heavy (non-hydrogen) atoms. The van der Waals surface area contributed by atoms with E-state index < -0.39 is 0 Å². The molecule has 0 aliphatic rings. The summed E-state index contributed by atoms with van der Waals surface area (Å²) in [6.45, 7) is 6.10. The van der Waals surface area contributed by atoms with Crippen molar-refractivity contribution in [1.82, 2.24) is 10.3 Å². The van der Waals surface area contributed by atoms with E-state index in [-0.39, 0.29) is 5.91 Å². The number of nitrogens with one attached hydrogen (secondary N) is 3. The molecule has 0 aliphatic heterocycles. The number of anilines is 2. The molecule has 5 heteroatoms. The Balaban J connectivity index is 2.35. The summed E-state index contributed by atoms with van der Waals surface area (Å²) in [6.07, 6.45) is 4.00. The highest BCUT2D eigenvalue weighted by Gasteiger charge is 1.99. The Morgan fingerprint density at radius 2 is 1.88 bits per heavy atom. The molecule has 0 aliphatic carbocycles. The van der Waals surface area contributed by atoms with Crippen LogP contribution in [-0.4, -0.2) is 30.5 Å². The maximum Gasteiger partial charge on any atom is 0.221 e. The van der Waals surface area contributed by atoms with Gasteiger partial charge in [0.15, 0.2) is 0 Å². The van der Waals surface area contributed by atoms with E-state index in [4.69, 9.17) is 0 Å². The van der Waals surface area contributed by atoms with Crippen LogP contribution in [0.25, 0.3) is 0 Å². The predicted molar refractivity (Wildman–Crippen MR) is 70.2 cm³/mol. The number of pyridine rings is 1. The fraction of sp³-hybridized carbons (Fsp3) is 0.500. The first-order valence-corrected chi connectivity index (χ1v) is 5.95. The number of rotatable bonds is 7. The maximum absolute atomic E-state index is 11.2. The van der Waals surface area contributed by atoms with Gasteiger partial charge in [-0.25, -0.2) is 0 Å². The third kappa shape index (κ3) is 5.19. The number of aromatic nitrogens is 1. The van der Waals surface area contributed by atoms with E-state index in [1.165, 1.54) is 0 Å². The second-order valence-electron chi connectivity index (χ2n) is 3.62. The lowest BCUT2D eigenvalue weighted by atomic mass is 10.3. The minimum atomic E-state index is 0.0656. The number of amides is 1. The molecule has 5 nitrogen and oxygen atoms in total. The summed E-state index contributed by atoms with van der Waals surface area (Å²) >= 11 is 0. The van der Waals surface area contributed by atoms with E-state index in [0.29, 0.717) is 19.5 Å². The summed E-state index contributed by atoms with van der Waals surface area (Å²) in [5, 5.41) is 9.11. The smallest absolute Gasteiger partial charge is 0.221 e. The average Bonchev–Trinajstić information content (AvgIpc) is 2.30. The van der Waals surface area contributed by atoms with Crippen LogP contribution in [0.4, 0.5) is 11.4 Å². The van der Waals surface area contributed by atoms with Crippen molar-refractivity contribution in [3.05, 3.63) is 18.5 Å². The van der Waals surface area contributed by atoms with Crippen LogP contribution in [0.5, 0.6) is 0 Å². The first-order valence-electron chi connectivity index (χ1n) is 5.95. The molecule has 0 saturated carbocycles. The Kier molecular flexibility index (Phi) is 5.85. The fourth-order valence-electron chi connectivity index (χ4n) is 1.44. The van der Waals surface area contributed by atoms with Gasteiger partial charge in [-0.15, -0.1) is 0 Å². The lowest BCUT2D eigenvalue weighted by Gasteiger charge is -2.08. The normalized spacial score (nSPS) is 9.76. The fourth-order valence-corrected chi connectivity index (χ4v) is 1.44. The van der Waals surface area contributed by atoms with Gasteiger partial charge in [-0.1, -0.05) is 0 Å². The van der Waals surface area contributed by atoms with Gasteiger partial charge in [0.1, 0.15) is 0 Å². The Bertz CT molecular complexity index is 354. The van der Waals surface area contributed by atoms with Gasteiger partial charge in [-0.05, 0) is 19.9 Å². The summed E-state index contributed by atoms with van der Waals surface area (Å²) in [5.41, 5.74) is 1.91. The second kappa shape index (κ2) is 7.49. The van der Waals surface area contributed by atoms with Gasteiger partial charge in [0.05, 0.1) is 23.8 Å². The van der Waals surface area contributed by atoms with E-state index >= 15 is 0 Å². The first-order chi connectivity index (χ1) is 8.26. The zero-order valence-corrected chi connectivity index (χ0v) is 10.4. The number of carbonyl (C=O) groups is 1. The van der Waals surface area contributed by atoms with E-state index in [2.05, 4.69) is 20.9 Å². The van der Waals surface area contributed by atoms with E-state index in [1.807, 2.05) is 19.9 Å². The lowest BCUT2D eigenvalue weighted by Crippen LogP contribution is -2.24. The van der Waals surface area contributed by atoms with Crippen LogP contribution < -0.4 is 16.0 Å². The monoisotopic (exact) mass is 236 g/mol. The van der Waals surface area contributed by atoms with Crippen LogP contribution in [-0.2, 0) is 4.79 Å². The maximum atomic E-state index is 11.2. The van der Waals surface area contributed by atoms with Gasteiger partial charge in [0.25, 0.3) is 0 Å². The van der Waals surface area contributed by atoms with Crippen molar-refractivity contribution in [1.29, 1.82) is 0 Å². The van der Waals surface area contributed by atoms with E-state index in [0.717, 1.165) is 17.9 Å². The molecule has 1 amide bonds. The molecule has 94 valence electrons.